The standard InChI is InChI=1S/C21H28O7/c1-3-4-5-9-12-27-13-14-28-18(22)15-21(20(25)26,16(2)19(23)24)17-10-7-6-8-11-17/h6-8,10-11H,2-5,9,12-15H2,1H3,(H,23,24)(H,25,26)/p-2. The third-order valence-corrected chi connectivity index (χ3v) is 4.42. The lowest BCUT2D eigenvalue weighted by Crippen LogP contribution is -2.52. The van der Waals surface area contributed by atoms with Crippen LogP contribution in [0.25, 0.3) is 0 Å². The van der Waals surface area contributed by atoms with E-state index >= 15 is 0 Å². The number of carbonyl (C=O) groups excluding carboxylic acids is 3. The van der Waals surface area contributed by atoms with Crippen LogP contribution in [0.3, 0.4) is 0 Å². The first kappa shape index (κ1) is 23.4. The van der Waals surface area contributed by atoms with E-state index in [1.54, 1.807) is 6.07 Å². The average molecular weight is 390 g/mol. The molecule has 0 saturated heterocycles. The van der Waals surface area contributed by atoms with Gasteiger partial charge >= 0.3 is 5.97 Å². The van der Waals surface area contributed by atoms with Gasteiger partial charge in [0.2, 0.25) is 0 Å². The number of esters is 1. The summed E-state index contributed by atoms with van der Waals surface area (Å²) in [5, 5.41) is 23.2. The monoisotopic (exact) mass is 390 g/mol. The second kappa shape index (κ2) is 11.9. The Bertz CT molecular complexity index is 669. The molecule has 0 aromatic heterocycles. The van der Waals surface area contributed by atoms with Crippen molar-refractivity contribution in [2.45, 2.75) is 44.4 Å². The Labute approximate surface area is 165 Å². The topological polar surface area (TPSA) is 116 Å². The normalized spacial score (nSPS) is 12.8. The molecule has 7 nitrogen and oxygen atoms in total. The van der Waals surface area contributed by atoms with Gasteiger partial charge < -0.3 is 29.3 Å². The number of aliphatic carboxylic acids is 2. The van der Waals surface area contributed by atoms with Crippen molar-refractivity contribution < 1.29 is 34.1 Å². The molecule has 1 atom stereocenters. The van der Waals surface area contributed by atoms with Gasteiger partial charge in [-0.2, -0.15) is 0 Å². The van der Waals surface area contributed by atoms with Crippen molar-refractivity contribution in [3.8, 4) is 0 Å². The first-order chi connectivity index (χ1) is 13.4. The van der Waals surface area contributed by atoms with Crippen molar-refractivity contribution in [2.24, 2.45) is 0 Å². The van der Waals surface area contributed by atoms with Crippen molar-refractivity contribution in [1.29, 1.82) is 0 Å². The van der Waals surface area contributed by atoms with Gasteiger partial charge in [0.25, 0.3) is 0 Å². The molecular formula is C21H26O7-2. The minimum atomic E-state index is -2.28. The Hall–Kier alpha value is -2.67. The molecule has 0 saturated carbocycles. The van der Waals surface area contributed by atoms with Crippen molar-refractivity contribution in [3.05, 3.63) is 48.0 Å². The number of hydrogen-bond donors (Lipinski definition) is 0. The van der Waals surface area contributed by atoms with Gasteiger partial charge in [-0.25, -0.2) is 0 Å². The van der Waals surface area contributed by atoms with E-state index in [1.165, 1.54) is 24.3 Å². The fourth-order valence-corrected chi connectivity index (χ4v) is 2.81. The van der Waals surface area contributed by atoms with Gasteiger partial charge in [-0.1, -0.05) is 63.1 Å². The van der Waals surface area contributed by atoms with Crippen LogP contribution >= 0.6 is 0 Å². The van der Waals surface area contributed by atoms with E-state index in [2.05, 4.69) is 13.5 Å². The highest BCUT2D eigenvalue weighted by Gasteiger charge is 2.40. The Morgan fingerprint density at radius 3 is 2.25 bits per heavy atom. The molecule has 0 aliphatic carbocycles. The minimum Gasteiger partial charge on any atom is -0.549 e. The third-order valence-electron chi connectivity index (χ3n) is 4.42. The van der Waals surface area contributed by atoms with Gasteiger partial charge in [-0.3, -0.25) is 4.79 Å². The minimum absolute atomic E-state index is 0.0494. The van der Waals surface area contributed by atoms with Crippen molar-refractivity contribution in [2.75, 3.05) is 19.8 Å². The van der Waals surface area contributed by atoms with Gasteiger partial charge in [0.1, 0.15) is 6.61 Å². The van der Waals surface area contributed by atoms with E-state index in [9.17, 15) is 24.6 Å². The number of unbranched alkanes of at least 4 members (excludes halogenated alkanes) is 3. The molecule has 1 unspecified atom stereocenters. The summed E-state index contributed by atoms with van der Waals surface area (Å²) in [6.07, 6.45) is 3.45. The largest absolute Gasteiger partial charge is 0.549 e. The number of hydrogen-bond acceptors (Lipinski definition) is 7. The van der Waals surface area contributed by atoms with Crippen molar-refractivity contribution in [1.82, 2.24) is 0 Å². The van der Waals surface area contributed by atoms with Crippen LogP contribution in [0.15, 0.2) is 42.5 Å². The molecular weight excluding hydrogens is 364 g/mol. The summed E-state index contributed by atoms with van der Waals surface area (Å²) < 4.78 is 10.4. The van der Waals surface area contributed by atoms with E-state index in [-0.39, 0.29) is 18.8 Å². The van der Waals surface area contributed by atoms with Gasteiger partial charge in [-0.05, 0) is 17.6 Å². The SMILES string of the molecule is C=C(C(=O)[O-])C(CC(=O)OCCOCCCCCC)(C(=O)[O-])c1ccccc1. The van der Waals surface area contributed by atoms with E-state index in [0.717, 1.165) is 25.7 Å². The summed E-state index contributed by atoms with van der Waals surface area (Å²) in [5.74, 6) is -4.45. The molecule has 0 aliphatic heterocycles. The quantitative estimate of drug-likeness (QED) is 0.258. The maximum Gasteiger partial charge on any atom is 0.307 e. The Morgan fingerprint density at radius 1 is 1.00 bits per heavy atom. The summed E-state index contributed by atoms with van der Waals surface area (Å²) in [6, 6.07) is 7.44. The lowest BCUT2D eigenvalue weighted by atomic mass is 9.72. The molecule has 28 heavy (non-hydrogen) atoms. The first-order valence-corrected chi connectivity index (χ1v) is 9.27. The van der Waals surface area contributed by atoms with Crippen LogP contribution in [0.2, 0.25) is 0 Å². The van der Waals surface area contributed by atoms with Crippen LogP contribution in [0.5, 0.6) is 0 Å². The number of carbonyl (C=O) groups is 3. The number of ether oxygens (including phenoxy) is 2. The zero-order valence-corrected chi connectivity index (χ0v) is 16.1. The zero-order chi connectivity index (χ0) is 21.0. The van der Waals surface area contributed by atoms with Crippen LogP contribution < -0.4 is 10.2 Å². The van der Waals surface area contributed by atoms with Crippen LogP contribution in [0, 0.1) is 0 Å². The van der Waals surface area contributed by atoms with E-state index < -0.39 is 35.3 Å². The van der Waals surface area contributed by atoms with Crippen molar-refractivity contribution in [3.63, 3.8) is 0 Å². The first-order valence-electron chi connectivity index (χ1n) is 9.27. The second-order valence-electron chi connectivity index (χ2n) is 6.40. The van der Waals surface area contributed by atoms with Crippen LogP contribution in [-0.4, -0.2) is 37.7 Å². The maximum absolute atomic E-state index is 12.2. The van der Waals surface area contributed by atoms with E-state index in [0.29, 0.717) is 6.61 Å². The molecule has 0 heterocycles. The molecule has 1 aromatic carbocycles. The number of carboxylic acids is 2. The number of carboxylic acid groups (broad SMARTS) is 2. The predicted octanol–water partition coefficient (Wildman–Crippen LogP) is 0.511. The van der Waals surface area contributed by atoms with E-state index in [1.807, 2.05) is 0 Å². The third kappa shape index (κ3) is 6.49. The van der Waals surface area contributed by atoms with Crippen LogP contribution in [0.4, 0.5) is 0 Å². The molecule has 0 amide bonds. The predicted molar refractivity (Wildman–Crippen MR) is 97.8 cm³/mol. The highest BCUT2D eigenvalue weighted by molar-refractivity contribution is 6.01. The summed E-state index contributed by atoms with van der Waals surface area (Å²) in [6.45, 7) is 6.07. The molecule has 0 radical (unpaired) electrons. The number of rotatable bonds is 14. The molecule has 0 fully saturated rings. The summed E-state index contributed by atoms with van der Waals surface area (Å²) in [7, 11) is 0. The fraction of sp³-hybridized carbons (Fsp3) is 0.476. The lowest BCUT2D eigenvalue weighted by molar-refractivity contribution is -0.317. The molecule has 7 heteroatoms. The highest BCUT2D eigenvalue weighted by Crippen LogP contribution is 2.35. The Morgan fingerprint density at radius 2 is 1.68 bits per heavy atom. The highest BCUT2D eigenvalue weighted by atomic mass is 16.6. The lowest BCUT2D eigenvalue weighted by Gasteiger charge is -2.37. The summed E-state index contributed by atoms with van der Waals surface area (Å²) >= 11 is 0. The van der Waals surface area contributed by atoms with Crippen LogP contribution in [0.1, 0.15) is 44.6 Å². The van der Waals surface area contributed by atoms with Gasteiger partial charge in [0, 0.05) is 6.61 Å². The fourth-order valence-electron chi connectivity index (χ4n) is 2.81. The smallest absolute Gasteiger partial charge is 0.307 e. The second-order valence-corrected chi connectivity index (χ2v) is 6.40. The molecule has 0 aliphatic rings. The Kier molecular flexibility index (Phi) is 9.95. The molecule has 0 bridgehead atoms. The summed E-state index contributed by atoms with van der Waals surface area (Å²) in [5.41, 5.74) is -3.01. The van der Waals surface area contributed by atoms with E-state index in [4.69, 9.17) is 9.47 Å². The van der Waals surface area contributed by atoms with Gasteiger partial charge in [0.15, 0.2) is 0 Å². The molecule has 0 N–H and O–H groups in total. The maximum atomic E-state index is 12.2. The van der Waals surface area contributed by atoms with Gasteiger partial charge in [0.05, 0.1) is 30.4 Å². The van der Waals surface area contributed by atoms with Gasteiger partial charge in [-0.15, -0.1) is 0 Å². The number of benzene rings is 1. The average Bonchev–Trinajstić information content (AvgIpc) is 2.68. The molecule has 0 spiro atoms. The molecule has 1 aromatic rings. The van der Waals surface area contributed by atoms with Crippen molar-refractivity contribution >= 4 is 17.9 Å². The summed E-state index contributed by atoms with van der Waals surface area (Å²) in [4.78, 5) is 35.5. The van der Waals surface area contributed by atoms with Crippen LogP contribution in [-0.2, 0) is 29.3 Å². The Balaban J connectivity index is 2.74. The molecule has 154 valence electrons. The zero-order valence-electron chi connectivity index (χ0n) is 16.1. The molecule has 1 rings (SSSR count).